The Bertz CT molecular complexity index is 376. The van der Waals surface area contributed by atoms with Crippen LogP contribution in [0.25, 0.3) is 0 Å². The standard InChI is InChI=1S/C15H20O2/c1-5-17-15(16)12(4)14-8-6-13(7-9-14)10-11(2)3/h5-9,11-12H,1,10H2,2-4H3/t12-/m0/s1. The third-order valence-corrected chi connectivity index (χ3v) is 2.68. The van der Waals surface area contributed by atoms with Gasteiger partial charge in [-0.2, -0.15) is 0 Å². The molecule has 0 heterocycles. The molecule has 0 aromatic heterocycles. The molecule has 17 heavy (non-hydrogen) atoms. The molecule has 0 aliphatic heterocycles. The summed E-state index contributed by atoms with van der Waals surface area (Å²) >= 11 is 0. The molecule has 0 aliphatic rings. The Morgan fingerprint density at radius 1 is 1.29 bits per heavy atom. The summed E-state index contributed by atoms with van der Waals surface area (Å²) in [7, 11) is 0. The summed E-state index contributed by atoms with van der Waals surface area (Å²) in [5.41, 5.74) is 2.28. The van der Waals surface area contributed by atoms with E-state index in [9.17, 15) is 4.79 Å². The molecule has 0 spiro atoms. The van der Waals surface area contributed by atoms with Gasteiger partial charge in [-0.25, -0.2) is 0 Å². The smallest absolute Gasteiger partial charge is 0.317 e. The molecular formula is C15H20O2. The summed E-state index contributed by atoms with van der Waals surface area (Å²) in [5.74, 6) is 0.127. The number of benzene rings is 1. The predicted molar refractivity (Wildman–Crippen MR) is 69.7 cm³/mol. The van der Waals surface area contributed by atoms with Crippen molar-refractivity contribution >= 4 is 5.97 Å². The lowest BCUT2D eigenvalue weighted by Gasteiger charge is -2.11. The fourth-order valence-corrected chi connectivity index (χ4v) is 1.73. The molecule has 0 saturated heterocycles. The lowest BCUT2D eigenvalue weighted by molar-refractivity contribution is -0.139. The van der Waals surface area contributed by atoms with E-state index in [2.05, 4.69) is 32.6 Å². The van der Waals surface area contributed by atoms with E-state index < -0.39 is 0 Å². The number of hydrogen-bond acceptors (Lipinski definition) is 2. The predicted octanol–water partition coefficient (Wildman–Crippen LogP) is 3.68. The van der Waals surface area contributed by atoms with Gasteiger partial charge in [0, 0.05) is 0 Å². The highest BCUT2D eigenvalue weighted by molar-refractivity contribution is 5.78. The Morgan fingerprint density at radius 2 is 1.88 bits per heavy atom. The Kier molecular flexibility index (Phi) is 4.95. The molecule has 0 N–H and O–H groups in total. The Labute approximate surface area is 103 Å². The summed E-state index contributed by atoms with van der Waals surface area (Å²) in [4.78, 5) is 11.5. The van der Waals surface area contributed by atoms with Crippen molar-refractivity contribution in [2.24, 2.45) is 5.92 Å². The molecule has 1 aromatic carbocycles. The highest BCUT2D eigenvalue weighted by Gasteiger charge is 2.15. The van der Waals surface area contributed by atoms with Crippen LogP contribution in [0.3, 0.4) is 0 Å². The van der Waals surface area contributed by atoms with Crippen LogP contribution < -0.4 is 0 Å². The largest absolute Gasteiger partial charge is 0.435 e. The van der Waals surface area contributed by atoms with Gasteiger partial charge in [-0.1, -0.05) is 44.7 Å². The van der Waals surface area contributed by atoms with E-state index >= 15 is 0 Å². The van der Waals surface area contributed by atoms with Crippen molar-refractivity contribution in [3.8, 4) is 0 Å². The SMILES string of the molecule is C=COC(=O)[C@@H](C)c1ccc(CC(C)C)cc1. The summed E-state index contributed by atoms with van der Waals surface area (Å²) in [6.07, 6.45) is 2.23. The summed E-state index contributed by atoms with van der Waals surface area (Å²) < 4.78 is 4.78. The van der Waals surface area contributed by atoms with Gasteiger partial charge in [0.05, 0.1) is 12.2 Å². The second-order valence-electron chi connectivity index (χ2n) is 4.66. The third-order valence-electron chi connectivity index (χ3n) is 2.68. The first-order valence-electron chi connectivity index (χ1n) is 5.94. The van der Waals surface area contributed by atoms with Gasteiger partial charge < -0.3 is 4.74 Å². The average molecular weight is 232 g/mol. The Morgan fingerprint density at radius 3 is 2.35 bits per heavy atom. The highest BCUT2D eigenvalue weighted by Crippen LogP contribution is 2.18. The molecular weight excluding hydrogens is 212 g/mol. The normalized spacial score (nSPS) is 12.2. The lowest BCUT2D eigenvalue weighted by atomic mass is 9.97. The van der Waals surface area contributed by atoms with Crippen molar-refractivity contribution < 1.29 is 9.53 Å². The first kappa shape index (κ1) is 13.5. The molecule has 2 nitrogen and oxygen atoms in total. The second-order valence-corrected chi connectivity index (χ2v) is 4.66. The van der Waals surface area contributed by atoms with E-state index in [4.69, 9.17) is 4.74 Å². The van der Waals surface area contributed by atoms with Crippen LogP contribution >= 0.6 is 0 Å². The molecule has 2 heteroatoms. The van der Waals surface area contributed by atoms with Gasteiger partial charge >= 0.3 is 5.97 Å². The molecule has 1 aromatic rings. The van der Waals surface area contributed by atoms with Crippen molar-refractivity contribution in [1.82, 2.24) is 0 Å². The average Bonchev–Trinajstić information content (AvgIpc) is 2.28. The zero-order valence-electron chi connectivity index (χ0n) is 10.8. The minimum atomic E-state index is -0.267. The molecule has 1 atom stereocenters. The van der Waals surface area contributed by atoms with Gasteiger partial charge in [0.2, 0.25) is 0 Å². The fourth-order valence-electron chi connectivity index (χ4n) is 1.73. The minimum Gasteiger partial charge on any atom is -0.435 e. The van der Waals surface area contributed by atoms with Crippen molar-refractivity contribution in [1.29, 1.82) is 0 Å². The van der Waals surface area contributed by atoms with E-state index in [0.29, 0.717) is 5.92 Å². The van der Waals surface area contributed by atoms with Gasteiger partial charge in [0.25, 0.3) is 0 Å². The van der Waals surface area contributed by atoms with Gasteiger partial charge in [-0.15, -0.1) is 0 Å². The molecule has 1 rings (SSSR count). The molecule has 0 saturated carbocycles. The lowest BCUT2D eigenvalue weighted by Crippen LogP contribution is -2.10. The number of esters is 1. The molecule has 0 fully saturated rings. The number of rotatable bonds is 5. The topological polar surface area (TPSA) is 26.3 Å². The van der Waals surface area contributed by atoms with Crippen LogP contribution in [0.2, 0.25) is 0 Å². The highest BCUT2D eigenvalue weighted by atomic mass is 16.5. The van der Waals surface area contributed by atoms with E-state index in [0.717, 1.165) is 12.0 Å². The molecule has 0 aliphatic carbocycles. The van der Waals surface area contributed by atoms with Crippen molar-refractivity contribution in [2.45, 2.75) is 33.1 Å². The first-order valence-corrected chi connectivity index (χ1v) is 5.94. The molecule has 0 unspecified atom stereocenters. The van der Waals surface area contributed by atoms with Crippen LogP contribution in [0.5, 0.6) is 0 Å². The van der Waals surface area contributed by atoms with E-state index in [-0.39, 0.29) is 11.9 Å². The third kappa shape index (κ3) is 4.06. The maximum atomic E-state index is 11.5. The number of carbonyl (C=O) groups is 1. The van der Waals surface area contributed by atoms with Crippen molar-refractivity contribution in [3.05, 3.63) is 48.2 Å². The number of carbonyl (C=O) groups excluding carboxylic acids is 1. The summed E-state index contributed by atoms with van der Waals surface area (Å²) in [6.45, 7) is 9.60. The summed E-state index contributed by atoms with van der Waals surface area (Å²) in [5, 5.41) is 0. The molecule has 0 bridgehead atoms. The van der Waals surface area contributed by atoms with E-state index in [1.165, 1.54) is 11.8 Å². The van der Waals surface area contributed by atoms with E-state index in [1.807, 2.05) is 19.1 Å². The first-order chi connectivity index (χ1) is 8.04. The number of hydrogen-bond donors (Lipinski definition) is 0. The van der Waals surface area contributed by atoms with Crippen LogP contribution in [-0.4, -0.2) is 5.97 Å². The molecule has 92 valence electrons. The van der Waals surface area contributed by atoms with Crippen molar-refractivity contribution in [2.75, 3.05) is 0 Å². The maximum Gasteiger partial charge on any atom is 0.317 e. The fraction of sp³-hybridized carbons (Fsp3) is 0.400. The zero-order valence-corrected chi connectivity index (χ0v) is 10.8. The second kappa shape index (κ2) is 6.24. The maximum absolute atomic E-state index is 11.5. The molecule has 0 radical (unpaired) electrons. The van der Waals surface area contributed by atoms with Gasteiger partial charge in [-0.05, 0) is 30.4 Å². The van der Waals surface area contributed by atoms with Gasteiger partial charge in [0.15, 0.2) is 0 Å². The van der Waals surface area contributed by atoms with Gasteiger partial charge in [0.1, 0.15) is 0 Å². The van der Waals surface area contributed by atoms with E-state index in [1.54, 1.807) is 0 Å². The Hall–Kier alpha value is -1.57. The zero-order chi connectivity index (χ0) is 12.8. The van der Waals surface area contributed by atoms with Crippen LogP contribution in [0.1, 0.15) is 37.8 Å². The van der Waals surface area contributed by atoms with Crippen LogP contribution in [0, 0.1) is 5.92 Å². The van der Waals surface area contributed by atoms with Crippen LogP contribution in [0.4, 0.5) is 0 Å². The van der Waals surface area contributed by atoms with Crippen LogP contribution in [0.15, 0.2) is 37.1 Å². The van der Waals surface area contributed by atoms with Crippen LogP contribution in [-0.2, 0) is 16.0 Å². The van der Waals surface area contributed by atoms with Crippen molar-refractivity contribution in [3.63, 3.8) is 0 Å². The summed E-state index contributed by atoms with van der Waals surface area (Å²) in [6, 6.07) is 8.14. The minimum absolute atomic E-state index is 0.249. The quantitative estimate of drug-likeness (QED) is 0.572. The monoisotopic (exact) mass is 232 g/mol. The Balaban J connectivity index is 2.73. The molecule has 0 amide bonds. The van der Waals surface area contributed by atoms with Gasteiger partial charge in [-0.3, -0.25) is 4.79 Å². The number of ether oxygens (including phenoxy) is 1.